The fourth-order valence-corrected chi connectivity index (χ4v) is 6.78. The van der Waals surface area contributed by atoms with E-state index in [0.717, 1.165) is 31.0 Å². The van der Waals surface area contributed by atoms with Gasteiger partial charge in [0.1, 0.15) is 12.6 Å². The lowest BCUT2D eigenvalue weighted by molar-refractivity contribution is -0.140. The summed E-state index contributed by atoms with van der Waals surface area (Å²) in [5.74, 6) is -0.825. The molecule has 236 valence electrons. The second-order valence-corrected chi connectivity index (χ2v) is 15.0. The van der Waals surface area contributed by atoms with Gasteiger partial charge in [-0.1, -0.05) is 93.8 Å². The van der Waals surface area contributed by atoms with E-state index in [1.165, 1.54) is 4.90 Å². The summed E-state index contributed by atoms with van der Waals surface area (Å²) in [4.78, 5) is 30.1. The molecule has 0 saturated carbocycles. The molecule has 0 aliphatic carbocycles. The highest BCUT2D eigenvalue weighted by Gasteiger charge is 2.35. The molecular weight excluding hydrogens is 650 g/mol. The molecule has 4 aromatic carbocycles. The predicted octanol–water partition coefficient (Wildman–Crippen LogP) is 6.82. The third kappa shape index (κ3) is 9.28. The van der Waals surface area contributed by atoms with Crippen LogP contribution in [0.15, 0.2) is 112 Å². The molecule has 9 heteroatoms. The lowest BCUT2D eigenvalue weighted by Gasteiger charge is -2.35. The van der Waals surface area contributed by atoms with E-state index in [1.807, 2.05) is 101 Å². The minimum atomic E-state index is -4.15. The smallest absolute Gasteiger partial charge is 0.264 e. The van der Waals surface area contributed by atoms with Crippen molar-refractivity contribution in [1.29, 1.82) is 0 Å². The minimum absolute atomic E-state index is 0.0753. The number of rotatable bonds is 11. The summed E-state index contributed by atoms with van der Waals surface area (Å²) >= 11 is 3.51. The van der Waals surface area contributed by atoms with Gasteiger partial charge in [-0.25, -0.2) is 8.42 Å². The standard InChI is InChI=1S/C36H40BrN3O4S/c1-26-14-18-31(19-15-26)40(45(43,44)32-20-16-27(2)17-21-32)25-34(41)39(24-29-12-9-13-30(37)22-29)33(35(42)38-36(3,4)5)23-28-10-7-6-8-11-28/h6-22,33H,23-25H2,1-5H3,(H,38,42). The van der Waals surface area contributed by atoms with Crippen molar-refractivity contribution in [2.24, 2.45) is 0 Å². The van der Waals surface area contributed by atoms with E-state index in [0.29, 0.717) is 5.69 Å². The van der Waals surface area contributed by atoms with E-state index >= 15 is 0 Å². The van der Waals surface area contributed by atoms with Crippen LogP contribution in [0.4, 0.5) is 5.69 Å². The first kappa shape index (κ1) is 33.9. The van der Waals surface area contributed by atoms with Crippen LogP contribution < -0.4 is 9.62 Å². The van der Waals surface area contributed by atoms with Gasteiger partial charge in [0.05, 0.1) is 10.6 Å². The van der Waals surface area contributed by atoms with E-state index < -0.39 is 34.1 Å². The van der Waals surface area contributed by atoms with Crippen molar-refractivity contribution >= 4 is 43.5 Å². The molecule has 7 nitrogen and oxygen atoms in total. The first-order valence-corrected chi connectivity index (χ1v) is 17.0. The first-order chi connectivity index (χ1) is 21.2. The van der Waals surface area contributed by atoms with Gasteiger partial charge in [-0.2, -0.15) is 0 Å². The van der Waals surface area contributed by atoms with Crippen LogP contribution in [-0.4, -0.2) is 43.3 Å². The van der Waals surface area contributed by atoms with Gasteiger partial charge in [0.15, 0.2) is 0 Å². The van der Waals surface area contributed by atoms with Crippen LogP contribution in [0.2, 0.25) is 0 Å². The van der Waals surface area contributed by atoms with Crippen molar-refractivity contribution < 1.29 is 18.0 Å². The Morgan fingerprint density at radius 3 is 1.96 bits per heavy atom. The number of aryl methyl sites for hydroxylation is 2. The lowest BCUT2D eigenvalue weighted by atomic mass is 10.0. The molecule has 0 saturated heterocycles. The van der Waals surface area contributed by atoms with Crippen LogP contribution in [0.5, 0.6) is 0 Å². The van der Waals surface area contributed by atoms with Crippen molar-refractivity contribution in [3.63, 3.8) is 0 Å². The molecule has 4 rings (SSSR count). The van der Waals surface area contributed by atoms with E-state index in [1.54, 1.807) is 36.4 Å². The molecule has 1 N–H and O–H groups in total. The van der Waals surface area contributed by atoms with Gasteiger partial charge >= 0.3 is 0 Å². The van der Waals surface area contributed by atoms with Gasteiger partial charge in [0.2, 0.25) is 11.8 Å². The topological polar surface area (TPSA) is 86.8 Å². The summed E-state index contributed by atoms with van der Waals surface area (Å²) in [5, 5.41) is 3.05. The van der Waals surface area contributed by atoms with Crippen LogP contribution in [0, 0.1) is 13.8 Å². The molecule has 1 unspecified atom stereocenters. The summed E-state index contributed by atoms with van der Waals surface area (Å²) in [6.07, 6.45) is 0.248. The quantitative estimate of drug-likeness (QED) is 0.187. The Bertz CT molecular complexity index is 1720. The molecule has 4 aromatic rings. The summed E-state index contributed by atoms with van der Waals surface area (Å²) in [5.41, 5.74) is 3.34. The number of halogens is 1. The van der Waals surface area contributed by atoms with Gasteiger partial charge in [0, 0.05) is 23.0 Å². The molecule has 0 aliphatic rings. The van der Waals surface area contributed by atoms with Crippen molar-refractivity contribution in [1.82, 2.24) is 10.2 Å². The zero-order chi connectivity index (χ0) is 32.8. The molecule has 1 atom stereocenters. The Morgan fingerprint density at radius 1 is 0.800 bits per heavy atom. The van der Waals surface area contributed by atoms with Crippen molar-refractivity contribution in [2.45, 2.75) is 64.1 Å². The summed E-state index contributed by atoms with van der Waals surface area (Å²) in [6, 6.07) is 29.7. The minimum Gasteiger partial charge on any atom is -0.350 e. The maximum Gasteiger partial charge on any atom is 0.264 e. The van der Waals surface area contributed by atoms with Crippen molar-refractivity contribution in [3.8, 4) is 0 Å². The zero-order valence-electron chi connectivity index (χ0n) is 26.3. The average molecular weight is 691 g/mol. The number of amides is 2. The number of sulfonamides is 1. The van der Waals surface area contributed by atoms with Crippen molar-refractivity contribution in [3.05, 3.63) is 130 Å². The summed E-state index contributed by atoms with van der Waals surface area (Å²) in [6.45, 7) is 9.05. The Morgan fingerprint density at radius 2 is 1.38 bits per heavy atom. The van der Waals surface area contributed by atoms with Crippen LogP contribution >= 0.6 is 15.9 Å². The second-order valence-electron chi connectivity index (χ2n) is 12.3. The molecule has 2 amide bonds. The van der Waals surface area contributed by atoms with Gasteiger partial charge in [-0.3, -0.25) is 13.9 Å². The number of nitrogens with one attached hydrogen (secondary N) is 1. The number of carbonyl (C=O) groups excluding carboxylic acids is 2. The Labute approximate surface area is 275 Å². The highest BCUT2D eigenvalue weighted by molar-refractivity contribution is 9.10. The monoisotopic (exact) mass is 689 g/mol. The third-order valence-electron chi connectivity index (χ3n) is 7.22. The fourth-order valence-electron chi connectivity index (χ4n) is 4.92. The molecule has 0 heterocycles. The second kappa shape index (κ2) is 14.4. The van der Waals surface area contributed by atoms with E-state index in [-0.39, 0.29) is 23.8 Å². The first-order valence-electron chi connectivity index (χ1n) is 14.8. The maximum absolute atomic E-state index is 14.5. The molecular formula is C36H40BrN3O4S. The van der Waals surface area contributed by atoms with E-state index in [2.05, 4.69) is 21.2 Å². The number of benzene rings is 4. The van der Waals surface area contributed by atoms with Gasteiger partial charge in [-0.15, -0.1) is 0 Å². The van der Waals surface area contributed by atoms with Gasteiger partial charge in [0.25, 0.3) is 10.0 Å². The largest absolute Gasteiger partial charge is 0.350 e. The van der Waals surface area contributed by atoms with Gasteiger partial charge < -0.3 is 10.2 Å². The molecule has 0 fully saturated rings. The Kier molecular flexibility index (Phi) is 10.9. The van der Waals surface area contributed by atoms with Crippen LogP contribution in [0.25, 0.3) is 0 Å². The number of anilines is 1. The Hall–Kier alpha value is -3.95. The van der Waals surface area contributed by atoms with E-state index in [9.17, 15) is 18.0 Å². The highest BCUT2D eigenvalue weighted by atomic mass is 79.9. The predicted molar refractivity (Wildman–Crippen MR) is 183 cm³/mol. The SMILES string of the molecule is Cc1ccc(N(CC(=O)N(Cc2cccc(Br)c2)C(Cc2ccccc2)C(=O)NC(C)(C)C)S(=O)(=O)c2ccc(C)cc2)cc1. The number of hydrogen-bond donors (Lipinski definition) is 1. The number of hydrogen-bond acceptors (Lipinski definition) is 4. The molecule has 0 bridgehead atoms. The molecule has 0 aliphatic heterocycles. The number of carbonyl (C=O) groups is 2. The van der Waals surface area contributed by atoms with Gasteiger partial charge in [-0.05, 0) is 82.1 Å². The van der Waals surface area contributed by atoms with Crippen molar-refractivity contribution in [2.75, 3.05) is 10.8 Å². The molecule has 45 heavy (non-hydrogen) atoms. The van der Waals surface area contributed by atoms with Crippen LogP contribution in [0.1, 0.15) is 43.0 Å². The molecule has 0 aromatic heterocycles. The molecule has 0 radical (unpaired) electrons. The summed E-state index contributed by atoms with van der Waals surface area (Å²) in [7, 11) is -4.15. The Balaban J connectivity index is 1.81. The normalized spacial score (nSPS) is 12.3. The van der Waals surface area contributed by atoms with Crippen LogP contribution in [0.3, 0.4) is 0 Å². The zero-order valence-corrected chi connectivity index (χ0v) is 28.7. The van der Waals surface area contributed by atoms with Crippen LogP contribution in [-0.2, 0) is 32.6 Å². The fraction of sp³-hybridized carbons (Fsp3) is 0.278. The summed E-state index contributed by atoms with van der Waals surface area (Å²) < 4.78 is 30.2. The number of nitrogens with zero attached hydrogens (tertiary/aromatic N) is 2. The maximum atomic E-state index is 14.5. The molecule has 0 spiro atoms. The average Bonchev–Trinajstić information content (AvgIpc) is 2.98. The third-order valence-corrected chi connectivity index (χ3v) is 9.50. The van der Waals surface area contributed by atoms with E-state index in [4.69, 9.17) is 0 Å². The lowest BCUT2D eigenvalue weighted by Crippen LogP contribution is -2.56. The highest BCUT2D eigenvalue weighted by Crippen LogP contribution is 2.26.